The summed E-state index contributed by atoms with van der Waals surface area (Å²) >= 11 is 1.79. The fraction of sp³-hybridized carbons (Fsp3) is 0.800. The lowest BCUT2D eigenvalue weighted by atomic mass is 10.2. The van der Waals surface area contributed by atoms with Crippen molar-refractivity contribution in [3.8, 4) is 0 Å². The molecule has 0 amide bonds. The molecule has 0 aliphatic carbocycles. The lowest BCUT2D eigenvalue weighted by Crippen LogP contribution is -2.33. The summed E-state index contributed by atoms with van der Waals surface area (Å²) in [7, 11) is 5.97. The van der Waals surface area contributed by atoms with Crippen molar-refractivity contribution in [3.05, 3.63) is 16.1 Å². The number of thiazole rings is 1. The van der Waals surface area contributed by atoms with Crippen LogP contribution in [0.25, 0.3) is 0 Å². The van der Waals surface area contributed by atoms with Gasteiger partial charge < -0.3 is 14.4 Å². The highest BCUT2D eigenvalue weighted by Crippen LogP contribution is 2.31. The van der Waals surface area contributed by atoms with E-state index in [1.165, 1.54) is 4.88 Å². The van der Waals surface area contributed by atoms with Gasteiger partial charge in [-0.1, -0.05) is 0 Å². The van der Waals surface area contributed by atoms with E-state index in [-0.39, 0.29) is 6.10 Å². The fourth-order valence-electron chi connectivity index (χ4n) is 2.37. The number of methoxy groups -OCH3 is 1. The van der Waals surface area contributed by atoms with Crippen LogP contribution < -0.4 is 0 Å². The van der Waals surface area contributed by atoms with Crippen molar-refractivity contribution < 1.29 is 9.47 Å². The first-order chi connectivity index (χ1) is 10.2. The minimum Gasteiger partial charge on any atom is -0.383 e. The predicted molar refractivity (Wildman–Crippen MR) is 85.7 cm³/mol. The highest BCUT2D eigenvalue weighted by molar-refractivity contribution is 7.11. The van der Waals surface area contributed by atoms with Crippen LogP contribution in [0.15, 0.2) is 6.20 Å². The number of nitrogens with zero attached hydrogens (tertiary/aromatic N) is 3. The molecule has 1 fully saturated rings. The zero-order valence-electron chi connectivity index (χ0n) is 13.4. The first-order valence-electron chi connectivity index (χ1n) is 7.61. The molecule has 0 radical (unpaired) electrons. The van der Waals surface area contributed by atoms with Crippen molar-refractivity contribution in [1.82, 2.24) is 14.8 Å². The molecule has 0 aromatic carbocycles. The van der Waals surface area contributed by atoms with Gasteiger partial charge >= 0.3 is 0 Å². The Morgan fingerprint density at radius 2 is 2.24 bits per heavy atom. The molecule has 0 saturated carbocycles. The summed E-state index contributed by atoms with van der Waals surface area (Å²) in [6.07, 6.45) is 4.51. The number of ether oxygens (including phenoxy) is 2. The molecule has 1 saturated heterocycles. The first kappa shape index (κ1) is 16.8. The Labute approximate surface area is 131 Å². The maximum absolute atomic E-state index is 5.71. The van der Waals surface area contributed by atoms with Gasteiger partial charge in [0, 0.05) is 51.0 Å². The Hall–Kier alpha value is -0.530. The minimum atomic E-state index is 0.234. The van der Waals surface area contributed by atoms with Crippen molar-refractivity contribution in [1.29, 1.82) is 0 Å². The Morgan fingerprint density at radius 3 is 2.90 bits per heavy atom. The van der Waals surface area contributed by atoms with Gasteiger partial charge in [-0.15, -0.1) is 11.3 Å². The third-order valence-corrected chi connectivity index (χ3v) is 4.71. The molecular formula is C15H27N3O2S. The van der Waals surface area contributed by atoms with Gasteiger partial charge in [0.2, 0.25) is 0 Å². The molecular weight excluding hydrogens is 286 g/mol. The second-order valence-electron chi connectivity index (χ2n) is 5.74. The molecule has 120 valence electrons. The van der Waals surface area contributed by atoms with E-state index in [0.717, 1.165) is 57.2 Å². The van der Waals surface area contributed by atoms with Crippen LogP contribution >= 0.6 is 11.3 Å². The highest BCUT2D eigenvalue weighted by Gasteiger charge is 2.21. The van der Waals surface area contributed by atoms with E-state index in [0.29, 0.717) is 0 Å². The van der Waals surface area contributed by atoms with E-state index < -0.39 is 0 Å². The summed E-state index contributed by atoms with van der Waals surface area (Å²) in [6, 6.07) is 0. The standard InChI is InChI=1S/C15H27N3O2S/c1-17(2)6-7-18(8-10-19-3)12-13-11-16-15(21-13)14-5-4-9-20-14/h11,14H,4-10,12H2,1-3H3. The van der Waals surface area contributed by atoms with Gasteiger partial charge in [-0.2, -0.15) is 0 Å². The van der Waals surface area contributed by atoms with Crippen LogP contribution in [-0.4, -0.2) is 68.8 Å². The molecule has 6 heteroatoms. The molecule has 5 nitrogen and oxygen atoms in total. The van der Waals surface area contributed by atoms with Crippen molar-refractivity contribution in [2.24, 2.45) is 0 Å². The Balaban J connectivity index is 1.88. The lowest BCUT2D eigenvalue weighted by Gasteiger charge is -2.23. The van der Waals surface area contributed by atoms with Crippen molar-refractivity contribution in [2.45, 2.75) is 25.5 Å². The van der Waals surface area contributed by atoms with E-state index in [1.54, 1.807) is 18.4 Å². The molecule has 1 aromatic rings. The van der Waals surface area contributed by atoms with E-state index >= 15 is 0 Å². The molecule has 0 spiro atoms. The fourth-order valence-corrected chi connectivity index (χ4v) is 3.41. The monoisotopic (exact) mass is 313 g/mol. The maximum Gasteiger partial charge on any atom is 0.122 e. The SMILES string of the molecule is COCCN(CCN(C)C)Cc1cnc(C2CCCO2)s1. The third kappa shape index (κ3) is 5.64. The topological polar surface area (TPSA) is 37.8 Å². The van der Waals surface area contributed by atoms with Crippen molar-refractivity contribution in [2.75, 3.05) is 54.1 Å². The summed E-state index contributed by atoms with van der Waals surface area (Å²) in [4.78, 5) is 10.5. The number of hydrogen-bond donors (Lipinski definition) is 0. The second kappa shape index (κ2) is 8.80. The van der Waals surface area contributed by atoms with Gasteiger partial charge in [-0.05, 0) is 26.9 Å². The van der Waals surface area contributed by atoms with Crippen molar-refractivity contribution in [3.63, 3.8) is 0 Å². The van der Waals surface area contributed by atoms with Crippen molar-refractivity contribution >= 4 is 11.3 Å². The van der Waals surface area contributed by atoms with E-state index in [2.05, 4.69) is 28.9 Å². The lowest BCUT2D eigenvalue weighted by molar-refractivity contribution is 0.111. The van der Waals surface area contributed by atoms with Gasteiger partial charge in [0.1, 0.15) is 11.1 Å². The van der Waals surface area contributed by atoms with E-state index in [1.807, 2.05) is 6.20 Å². The largest absolute Gasteiger partial charge is 0.383 e. The summed E-state index contributed by atoms with van der Waals surface area (Å²) in [5.74, 6) is 0. The van der Waals surface area contributed by atoms with Gasteiger partial charge in [-0.3, -0.25) is 4.90 Å². The molecule has 0 N–H and O–H groups in total. The van der Waals surface area contributed by atoms with Crippen LogP contribution in [0.5, 0.6) is 0 Å². The summed E-state index contributed by atoms with van der Waals surface area (Å²) in [5.41, 5.74) is 0. The summed E-state index contributed by atoms with van der Waals surface area (Å²) in [5, 5.41) is 1.14. The van der Waals surface area contributed by atoms with Crippen LogP contribution in [0.4, 0.5) is 0 Å². The molecule has 2 heterocycles. The van der Waals surface area contributed by atoms with E-state index in [9.17, 15) is 0 Å². The summed E-state index contributed by atoms with van der Waals surface area (Å²) in [6.45, 7) is 5.65. The number of likely N-dealkylation sites (N-methyl/N-ethyl adjacent to an activating group) is 1. The Bertz CT molecular complexity index is 405. The second-order valence-corrected chi connectivity index (χ2v) is 6.89. The Kier molecular flexibility index (Phi) is 7.06. The maximum atomic E-state index is 5.71. The highest BCUT2D eigenvalue weighted by atomic mass is 32.1. The molecule has 1 atom stereocenters. The van der Waals surface area contributed by atoms with Gasteiger partial charge in [0.25, 0.3) is 0 Å². The summed E-state index contributed by atoms with van der Waals surface area (Å²) < 4.78 is 10.9. The minimum absolute atomic E-state index is 0.234. The van der Waals surface area contributed by atoms with Crippen LogP contribution in [0.1, 0.15) is 28.8 Å². The molecule has 1 aliphatic rings. The smallest absolute Gasteiger partial charge is 0.122 e. The molecule has 1 unspecified atom stereocenters. The predicted octanol–water partition coefficient (Wildman–Crippen LogP) is 2.00. The zero-order valence-corrected chi connectivity index (χ0v) is 14.2. The molecule has 0 bridgehead atoms. The van der Waals surface area contributed by atoms with Crippen LogP contribution in [0, 0.1) is 0 Å². The molecule has 21 heavy (non-hydrogen) atoms. The normalized spacial score (nSPS) is 19.0. The zero-order chi connectivity index (χ0) is 15.1. The Morgan fingerprint density at radius 1 is 1.38 bits per heavy atom. The molecule has 1 aliphatic heterocycles. The molecule has 2 rings (SSSR count). The third-order valence-electron chi connectivity index (χ3n) is 3.63. The molecule has 1 aromatic heterocycles. The van der Waals surface area contributed by atoms with Gasteiger partial charge in [0.05, 0.1) is 6.61 Å². The number of rotatable bonds is 9. The van der Waals surface area contributed by atoms with Crippen LogP contribution in [-0.2, 0) is 16.0 Å². The number of hydrogen-bond acceptors (Lipinski definition) is 6. The average Bonchev–Trinajstić information content (AvgIpc) is 3.12. The van der Waals surface area contributed by atoms with Gasteiger partial charge in [0.15, 0.2) is 0 Å². The van der Waals surface area contributed by atoms with Crippen LogP contribution in [0.3, 0.4) is 0 Å². The first-order valence-corrected chi connectivity index (χ1v) is 8.43. The average molecular weight is 313 g/mol. The quantitative estimate of drug-likeness (QED) is 0.697. The van der Waals surface area contributed by atoms with E-state index in [4.69, 9.17) is 9.47 Å². The number of aromatic nitrogens is 1. The van der Waals surface area contributed by atoms with Crippen LogP contribution in [0.2, 0.25) is 0 Å². The van der Waals surface area contributed by atoms with Gasteiger partial charge in [-0.25, -0.2) is 4.98 Å².